The lowest BCUT2D eigenvalue weighted by Crippen LogP contribution is -2.29. The fraction of sp³-hybridized carbons (Fsp3) is 0.333. The maximum absolute atomic E-state index is 12.0. The van der Waals surface area contributed by atoms with Crippen molar-refractivity contribution in [1.82, 2.24) is 0 Å². The van der Waals surface area contributed by atoms with Crippen molar-refractivity contribution >= 4 is 23.6 Å². The fourth-order valence-corrected chi connectivity index (χ4v) is 1.84. The van der Waals surface area contributed by atoms with Gasteiger partial charge in [0.1, 0.15) is 0 Å². The number of aliphatic carboxylic acids is 1. The predicted octanol–water partition coefficient (Wildman–Crippen LogP) is 2.10. The number of hydrogen-bond acceptors (Lipinski definition) is 3. The van der Waals surface area contributed by atoms with Crippen molar-refractivity contribution in [2.24, 2.45) is 11.7 Å². The first-order valence-electron chi connectivity index (χ1n) is 6.58. The molecule has 0 spiro atoms. The SMILES string of the molecule is CCCC(CN)C(=O)Nc1cccc(/C=C/C(=O)O)c1. The summed E-state index contributed by atoms with van der Waals surface area (Å²) in [6.45, 7) is 2.32. The summed E-state index contributed by atoms with van der Waals surface area (Å²) in [5, 5.41) is 11.4. The molecule has 0 radical (unpaired) electrons. The minimum atomic E-state index is -1.01. The van der Waals surface area contributed by atoms with Crippen molar-refractivity contribution in [1.29, 1.82) is 0 Å². The van der Waals surface area contributed by atoms with Crippen LogP contribution in [-0.4, -0.2) is 23.5 Å². The highest BCUT2D eigenvalue weighted by Gasteiger charge is 2.15. The number of hydrogen-bond donors (Lipinski definition) is 3. The maximum atomic E-state index is 12.0. The van der Waals surface area contributed by atoms with Crippen molar-refractivity contribution in [2.75, 3.05) is 11.9 Å². The Labute approximate surface area is 118 Å². The molecule has 0 fully saturated rings. The van der Waals surface area contributed by atoms with Gasteiger partial charge in [0.2, 0.25) is 5.91 Å². The van der Waals surface area contributed by atoms with E-state index in [1.54, 1.807) is 24.3 Å². The third-order valence-corrected chi connectivity index (χ3v) is 2.86. The van der Waals surface area contributed by atoms with E-state index < -0.39 is 5.97 Å². The lowest BCUT2D eigenvalue weighted by Gasteiger charge is -2.14. The van der Waals surface area contributed by atoms with Gasteiger partial charge < -0.3 is 16.2 Å². The normalized spacial score (nSPS) is 12.3. The molecule has 1 atom stereocenters. The molecule has 0 aliphatic carbocycles. The monoisotopic (exact) mass is 276 g/mol. The zero-order chi connectivity index (χ0) is 15.0. The van der Waals surface area contributed by atoms with Gasteiger partial charge in [0.25, 0.3) is 0 Å². The van der Waals surface area contributed by atoms with Gasteiger partial charge in [0, 0.05) is 18.3 Å². The third-order valence-electron chi connectivity index (χ3n) is 2.86. The molecule has 20 heavy (non-hydrogen) atoms. The zero-order valence-electron chi connectivity index (χ0n) is 11.5. The van der Waals surface area contributed by atoms with E-state index in [-0.39, 0.29) is 11.8 Å². The molecular weight excluding hydrogens is 256 g/mol. The molecule has 0 saturated carbocycles. The van der Waals surface area contributed by atoms with Crippen molar-refractivity contribution in [3.05, 3.63) is 35.9 Å². The van der Waals surface area contributed by atoms with Crippen LogP contribution >= 0.6 is 0 Å². The number of carboxylic acid groups (broad SMARTS) is 1. The van der Waals surface area contributed by atoms with Gasteiger partial charge in [0.05, 0.1) is 5.92 Å². The van der Waals surface area contributed by atoms with Crippen molar-refractivity contribution in [2.45, 2.75) is 19.8 Å². The summed E-state index contributed by atoms with van der Waals surface area (Å²) in [6.07, 6.45) is 4.18. The molecule has 5 heteroatoms. The number of amides is 1. The molecule has 1 unspecified atom stereocenters. The molecule has 4 N–H and O–H groups in total. The van der Waals surface area contributed by atoms with Gasteiger partial charge in [-0.1, -0.05) is 25.5 Å². The molecule has 0 saturated heterocycles. The highest BCUT2D eigenvalue weighted by molar-refractivity contribution is 5.93. The number of nitrogens with two attached hydrogens (primary N) is 1. The molecule has 0 aromatic heterocycles. The van der Waals surface area contributed by atoms with Crippen LogP contribution in [-0.2, 0) is 9.59 Å². The van der Waals surface area contributed by atoms with Gasteiger partial charge in [-0.3, -0.25) is 4.79 Å². The number of carboxylic acids is 1. The first-order valence-corrected chi connectivity index (χ1v) is 6.58. The number of carbonyl (C=O) groups is 2. The van der Waals surface area contributed by atoms with Crippen LogP contribution < -0.4 is 11.1 Å². The van der Waals surface area contributed by atoms with Crippen LogP contribution in [0.4, 0.5) is 5.69 Å². The average molecular weight is 276 g/mol. The summed E-state index contributed by atoms with van der Waals surface area (Å²) >= 11 is 0. The number of nitrogens with one attached hydrogen (secondary N) is 1. The number of anilines is 1. The predicted molar refractivity (Wildman–Crippen MR) is 79.2 cm³/mol. The molecule has 1 rings (SSSR count). The van der Waals surface area contributed by atoms with E-state index in [9.17, 15) is 9.59 Å². The molecule has 0 aliphatic rings. The summed E-state index contributed by atoms with van der Waals surface area (Å²) in [6, 6.07) is 7.00. The van der Waals surface area contributed by atoms with E-state index >= 15 is 0 Å². The largest absolute Gasteiger partial charge is 0.478 e. The van der Waals surface area contributed by atoms with Crippen molar-refractivity contribution in [3.8, 4) is 0 Å². The summed E-state index contributed by atoms with van der Waals surface area (Å²) in [5.41, 5.74) is 6.94. The summed E-state index contributed by atoms with van der Waals surface area (Å²) in [5.74, 6) is -1.31. The molecule has 1 aromatic carbocycles. The van der Waals surface area contributed by atoms with Gasteiger partial charge in [-0.05, 0) is 30.2 Å². The van der Waals surface area contributed by atoms with Gasteiger partial charge in [-0.15, -0.1) is 0 Å². The molecule has 0 bridgehead atoms. The highest BCUT2D eigenvalue weighted by atomic mass is 16.4. The lowest BCUT2D eigenvalue weighted by atomic mass is 10.0. The molecule has 1 amide bonds. The molecule has 1 aromatic rings. The van der Waals surface area contributed by atoms with Crippen LogP contribution in [0.2, 0.25) is 0 Å². The zero-order valence-corrected chi connectivity index (χ0v) is 11.5. The minimum Gasteiger partial charge on any atom is -0.478 e. The van der Waals surface area contributed by atoms with E-state index in [2.05, 4.69) is 5.32 Å². The van der Waals surface area contributed by atoms with Crippen LogP contribution in [0.1, 0.15) is 25.3 Å². The summed E-state index contributed by atoms with van der Waals surface area (Å²) in [4.78, 5) is 22.5. The van der Waals surface area contributed by atoms with Crippen LogP contribution in [0.3, 0.4) is 0 Å². The number of benzene rings is 1. The maximum Gasteiger partial charge on any atom is 0.328 e. The second kappa shape index (κ2) is 8.12. The van der Waals surface area contributed by atoms with E-state index in [0.29, 0.717) is 17.8 Å². The average Bonchev–Trinajstić information content (AvgIpc) is 2.42. The first kappa shape index (κ1) is 15.9. The summed E-state index contributed by atoms with van der Waals surface area (Å²) < 4.78 is 0. The Balaban J connectivity index is 2.75. The smallest absolute Gasteiger partial charge is 0.328 e. The Hall–Kier alpha value is -2.14. The van der Waals surface area contributed by atoms with E-state index in [1.165, 1.54) is 6.08 Å². The van der Waals surface area contributed by atoms with Crippen molar-refractivity contribution < 1.29 is 14.7 Å². The minimum absolute atomic E-state index is 0.103. The van der Waals surface area contributed by atoms with E-state index in [4.69, 9.17) is 10.8 Å². The van der Waals surface area contributed by atoms with E-state index in [1.807, 2.05) is 6.92 Å². The Morgan fingerprint density at radius 3 is 2.80 bits per heavy atom. The fourth-order valence-electron chi connectivity index (χ4n) is 1.84. The lowest BCUT2D eigenvalue weighted by molar-refractivity contribution is -0.131. The third kappa shape index (κ3) is 5.24. The van der Waals surface area contributed by atoms with Gasteiger partial charge >= 0.3 is 5.97 Å². The first-order chi connectivity index (χ1) is 9.56. The Morgan fingerprint density at radius 1 is 1.45 bits per heavy atom. The van der Waals surface area contributed by atoms with Crippen LogP contribution in [0.5, 0.6) is 0 Å². The van der Waals surface area contributed by atoms with Gasteiger partial charge in [-0.2, -0.15) is 0 Å². The number of carbonyl (C=O) groups excluding carboxylic acids is 1. The highest BCUT2D eigenvalue weighted by Crippen LogP contribution is 2.14. The number of rotatable bonds is 7. The Kier molecular flexibility index (Phi) is 6.46. The molecule has 5 nitrogen and oxygen atoms in total. The van der Waals surface area contributed by atoms with Crippen LogP contribution in [0, 0.1) is 5.92 Å². The van der Waals surface area contributed by atoms with E-state index in [0.717, 1.165) is 18.9 Å². The van der Waals surface area contributed by atoms with Crippen LogP contribution in [0.15, 0.2) is 30.3 Å². The van der Waals surface area contributed by atoms with Gasteiger partial charge in [0.15, 0.2) is 0 Å². The Bertz CT molecular complexity index is 498. The van der Waals surface area contributed by atoms with Crippen molar-refractivity contribution in [3.63, 3.8) is 0 Å². The standard InChI is InChI=1S/C15H20N2O3/c1-2-4-12(10-16)15(20)17-13-6-3-5-11(9-13)7-8-14(18)19/h3,5-9,12H,2,4,10,16H2,1H3,(H,17,20)(H,18,19)/b8-7+. The second-order valence-electron chi connectivity index (χ2n) is 4.51. The molecule has 108 valence electrons. The molecule has 0 aliphatic heterocycles. The second-order valence-corrected chi connectivity index (χ2v) is 4.51. The quantitative estimate of drug-likeness (QED) is 0.665. The topological polar surface area (TPSA) is 92.4 Å². The molecule has 0 heterocycles. The Morgan fingerprint density at radius 2 is 2.20 bits per heavy atom. The van der Waals surface area contributed by atoms with Gasteiger partial charge in [-0.25, -0.2) is 4.79 Å². The molecular formula is C15H20N2O3. The van der Waals surface area contributed by atoms with Crippen LogP contribution in [0.25, 0.3) is 6.08 Å². The summed E-state index contributed by atoms with van der Waals surface area (Å²) in [7, 11) is 0.